The van der Waals surface area contributed by atoms with Gasteiger partial charge in [0.2, 0.25) is 5.91 Å². The van der Waals surface area contributed by atoms with Gasteiger partial charge in [-0.3, -0.25) is 9.69 Å². The van der Waals surface area contributed by atoms with Crippen LogP contribution in [0.5, 0.6) is 0 Å². The number of amides is 1. The van der Waals surface area contributed by atoms with E-state index in [2.05, 4.69) is 0 Å². The minimum Gasteiger partial charge on any atom is -0.439 e. The smallest absolute Gasteiger partial charge is 0.439 e. The molecular formula is C26H29FeNO4+2. The fraction of sp³-hybridized carbons (Fsp3) is 0.308. The normalized spacial score (nSPS) is 23.3. The van der Waals surface area contributed by atoms with Gasteiger partial charge in [0, 0.05) is 11.3 Å². The van der Waals surface area contributed by atoms with E-state index in [0.717, 1.165) is 11.5 Å². The Kier molecular flexibility index (Phi) is 10.7. The molecule has 1 saturated heterocycles. The van der Waals surface area contributed by atoms with Crippen molar-refractivity contribution in [2.75, 3.05) is 6.61 Å². The fourth-order valence-electron chi connectivity index (χ4n) is 3.27. The molecule has 0 bridgehead atoms. The van der Waals surface area contributed by atoms with Crippen LogP contribution in [0.3, 0.4) is 0 Å². The Bertz CT molecular complexity index is 701. The molecule has 1 aliphatic heterocycles. The molecule has 6 heteroatoms. The first-order valence-electron chi connectivity index (χ1n) is 10.4. The van der Waals surface area contributed by atoms with Crippen molar-refractivity contribution < 1.29 is 36.1 Å². The average Bonchev–Trinajstić information content (AvgIpc) is 3.51. The van der Waals surface area contributed by atoms with Crippen LogP contribution in [0.2, 0.25) is 0 Å². The Balaban J connectivity index is 0.000000534. The number of rotatable bonds is 5. The summed E-state index contributed by atoms with van der Waals surface area (Å²) in [4.78, 5) is 27.0. The summed E-state index contributed by atoms with van der Waals surface area (Å²) in [5.74, 6) is 0.228. The van der Waals surface area contributed by atoms with Gasteiger partial charge in [0.25, 0.3) is 0 Å². The van der Waals surface area contributed by atoms with E-state index in [9.17, 15) is 9.59 Å². The second-order valence-corrected chi connectivity index (χ2v) is 8.45. The molecule has 0 spiro atoms. The molecule has 0 aromatic heterocycles. The van der Waals surface area contributed by atoms with Gasteiger partial charge in [0.05, 0.1) is 13.2 Å². The molecule has 10 radical (unpaired) electrons. The Hall–Kier alpha value is -1.36. The van der Waals surface area contributed by atoms with Crippen LogP contribution in [0.25, 0.3) is 0 Å². The van der Waals surface area contributed by atoms with E-state index >= 15 is 0 Å². The third-order valence-electron chi connectivity index (χ3n) is 4.88. The summed E-state index contributed by atoms with van der Waals surface area (Å²) in [7, 11) is 0. The number of nitrogens with zero attached hydrogens (tertiary/aromatic N) is 1. The van der Waals surface area contributed by atoms with Gasteiger partial charge in [-0.05, 0) is 63.4 Å². The van der Waals surface area contributed by atoms with Crippen LogP contribution in [0.4, 0.5) is 0 Å². The van der Waals surface area contributed by atoms with Gasteiger partial charge in [-0.15, -0.1) is 0 Å². The van der Waals surface area contributed by atoms with Crippen LogP contribution in [0.1, 0.15) is 26.3 Å². The number of carbonyl (C=O) groups is 2. The molecule has 4 rings (SSSR count). The summed E-state index contributed by atoms with van der Waals surface area (Å²) >= 11 is 0. The van der Waals surface area contributed by atoms with Crippen molar-refractivity contribution in [2.45, 2.75) is 39.6 Å². The van der Waals surface area contributed by atoms with Gasteiger partial charge in [-0.1, -0.05) is 51.1 Å². The van der Waals surface area contributed by atoms with Crippen molar-refractivity contribution >= 4 is 11.9 Å². The van der Waals surface area contributed by atoms with Gasteiger partial charge in [-0.2, -0.15) is 0 Å². The molecule has 5 nitrogen and oxygen atoms in total. The molecule has 0 unspecified atom stereocenters. The first kappa shape index (κ1) is 26.9. The third kappa shape index (κ3) is 7.33. The molecule has 1 heterocycles. The number of carbonyl (C=O) groups excluding carboxylic acids is 2. The van der Waals surface area contributed by atoms with Gasteiger partial charge in [0.15, 0.2) is 12.3 Å². The first-order valence-corrected chi connectivity index (χ1v) is 10.4. The molecule has 2 aliphatic carbocycles. The van der Waals surface area contributed by atoms with E-state index < -0.39 is 23.7 Å². The van der Waals surface area contributed by atoms with Crippen molar-refractivity contribution in [1.82, 2.24) is 4.90 Å². The summed E-state index contributed by atoms with van der Waals surface area (Å²) in [5, 5.41) is 0. The molecule has 1 aromatic rings. The Labute approximate surface area is 204 Å². The van der Waals surface area contributed by atoms with Crippen molar-refractivity contribution in [3.05, 3.63) is 99.6 Å². The summed E-state index contributed by atoms with van der Waals surface area (Å²) in [5.41, 5.74) is 0.386. The molecule has 168 valence electrons. The fourth-order valence-corrected chi connectivity index (χ4v) is 3.27. The summed E-state index contributed by atoms with van der Waals surface area (Å²) in [6, 6.07) is 8.97. The van der Waals surface area contributed by atoms with Crippen LogP contribution in [-0.4, -0.2) is 35.7 Å². The molecule has 2 saturated carbocycles. The monoisotopic (exact) mass is 475 g/mol. The first-order chi connectivity index (χ1) is 14.9. The van der Waals surface area contributed by atoms with Crippen molar-refractivity contribution in [2.24, 2.45) is 5.41 Å². The molecular weight excluding hydrogens is 446 g/mol. The van der Waals surface area contributed by atoms with E-state index in [0.29, 0.717) is 6.61 Å². The standard InChI is InChI=1S/C21H24NO4.C5H5.Fe/c1-21(2,3)20(24)22-17(14-25-13-15-9-5-4-6-10-15)19(23)26-18(22)16-11-7-8-12-16;1-2-4-5-3-1;/h4-12,17-18H,13-14H2,1-3H3;1-5H;/q;;+2/t17-,18-;;/m0../s1. The van der Waals surface area contributed by atoms with Crippen molar-refractivity contribution in [3.63, 3.8) is 0 Å². The summed E-state index contributed by atoms with van der Waals surface area (Å²) in [6.45, 7) is 5.99. The van der Waals surface area contributed by atoms with E-state index in [1.54, 1.807) is 0 Å². The molecule has 32 heavy (non-hydrogen) atoms. The topological polar surface area (TPSA) is 55.8 Å². The van der Waals surface area contributed by atoms with Crippen LogP contribution in [0.15, 0.2) is 30.3 Å². The number of ether oxygens (including phenoxy) is 2. The molecule has 2 atom stereocenters. The molecule has 0 N–H and O–H groups in total. The van der Waals surface area contributed by atoms with E-state index in [4.69, 9.17) is 9.47 Å². The molecule has 3 fully saturated rings. The third-order valence-corrected chi connectivity index (χ3v) is 4.88. The Morgan fingerprint density at radius 1 is 0.969 bits per heavy atom. The van der Waals surface area contributed by atoms with Crippen molar-refractivity contribution in [1.29, 1.82) is 0 Å². The number of hydrogen-bond acceptors (Lipinski definition) is 4. The van der Waals surface area contributed by atoms with Gasteiger partial charge in [0.1, 0.15) is 0 Å². The maximum atomic E-state index is 13.0. The van der Waals surface area contributed by atoms with Crippen LogP contribution in [-0.2, 0) is 42.7 Å². The maximum absolute atomic E-state index is 13.0. The number of cyclic esters (lactones) is 1. The largest absolute Gasteiger partial charge is 2.00 e. The van der Waals surface area contributed by atoms with Gasteiger partial charge >= 0.3 is 23.0 Å². The average molecular weight is 475 g/mol. The minimum absolute atomic E-state index is 0. The zero-order chi connectivity index (χ0) is 22.3. The van der Waals surface area contributed by atoms with Gasteiger partial charge in [-0.25, -0.2) is 4.79 Å². The summed E-state index contributed by atoms with van der Waals surface area (Å²) < 4.78 is 11.3. The maximum Gasteiger partial charge on any atom is 2.00 e. The molecule has 1 aromatic carbocycles. The SMILES string of the molecule is CC(C)(C)C(=O)N1[C@H]([C]2[CH][CH][CH][CH]2)OC(=O)[C@@H]1COCc1ccccc1.[CH]1[CH][CH][CH][CH]1.[Fe+2]. The van der Waals surface area contributed by atoms with Gasteiger partial charge < -0.3 is 9.47 Å². The van der Waals surface area contributed by atoms with Crippen LogP contribution >= 0.6 is 0 Å². The van der Waals surface area contributed by atoms with Crippen LogP contribution in [0, 0.1) is 69.1 Å². The van der Waals surface area contributed by atoms with Crippen molar-refractivity contribution in [3.8, 4) is 0 Å². The second-order valence-electron chi connectivity index (χ2n) is 8.45. The van der Waals surface area contributed by atoms with E-state index in [1.807, 2.05) is 109 Å². The minimum atomic E-state index is -0.745. The van der Waals surface area contributed by atoms with E-state index in [-0.39, 0.29) is 29.6 Å². The zero-order valence-corrected chi connectivity index (χ0v) is 19.7. The Morgan fingerprint density at radius 2 is 1.53 bits per heavy atom. The number of benzene rings is 1. The predicted molar refractivity (Wildman–Crippen MR) is 118 cm³/mol. The number of hydrogen-bond donors (Lipinski definition) is 0. The second kappa shape index (κ2) is 12.8. The van der Waals surface area contributed by atoms with E-state index in [1.165, 1.54) is 4.90 Å². The molecule has 3 aliphatic rings. The Morgan fingerprint density at radius 3 is 2.06 bits per heavy atom. The summed E-state index contributed by atoms with van der Waals surface area (Å²) in [6.07, 6.45) is 16.7. The predicted octanol–water partition coefficient (Wildman–Crippen LogP) is 3.75. The quantitative estimate of drug-likeness (QED) is 0.481. The number of esters is 1. The van der Waals surface area contributed by atoms with Crippen LogP contribution < -0.4 is 0 Å². The molecule has 1 amide bonds. The zero-order valence-electron chi connectivity index (χ0n) is 18.6.